The van der Waals surface area contributed by atoms with E-state index in [2.05, 4.69) is 26.0 Å². The number of rotatable bonds is 31. The summed E-state index contributed by atoms with van der Waals surface area (Å²) in [5, 5.41) is 30.2. The molecule has 1 N–H and O–H groups in total. The van der Waals surface area contributed by atoms with E-state index in [9.17, 15) is 24.9 Å². The number of unbranched alkanes of at least 4 members (excludes halogenated alkanes) is 22. The molecule has 0 bridgehead atoms. The van der Waals surface area contributed by atoms with Gasteiger partial charge in [-0.3, -0.25) is 0 Å². The second-order valence-electron chi connectivity index (χ2n) is 12.0. The summed E-state index contributed by atoms with van der Waals surface area (Å²) in [6, 6.07) is 0. The third-order valence-corrected chi connectivity index (χ3v) is 7.70. The van der Waals surface area contributed by atoms with Crippen LogP contribution in [0, 0.1) is 0 Å². The van der Waals surface area contributed by atoms with Gasteiger partial charge in [0, 0.05) is 11.9 Å². The van der Waals surface area contributed by atoms with Crippen LogP contribution >= 0.6 is 0 Å². The Hall–Kier alpha value is 0.640. The Morgan fingerprint density at radius 2 is 0.837 bits per heavy atom. The van der Waals surface area contributed by atoms with Gasteiger partial charge in [0.2, 0.25) is 0 Å². The van der Waals surface area contributed by atoms with Gasteiger partial charge in [0.25, 0.3) is 0 Å². The average molecular weight is 627 g/mol. The quantitative estimate of drug-likeness (QED) is 0.0725. The molecule has 0 heterocycles. The summed E-state index contributed by atoms with van der Waals surface area (Å²) in [5.41, 5.74) is 0. The molecule has 0 aliphatic carbocycles. The number of hydrogen-bond donors (Lipinski definition) is 1. The number of carboxylic acid groups (broad SMARTS) is 2. The second-order valence-corrected chi connectivity index (χ2v) is 12.0. The minimum atomic E-state index is -0.939. The number of hydrogen-bond acceptors (Lipinski definition) is 5. The molecule has 0 fully saturated rings. The maximum atomic E-state index is 10.2. The van der Waals surface area contributed by atoms with Gasteiger partial charge in [-0.05, 0) is 51.4 Å². The molecule has 0 aromatic heterocycles. The van der Waals surface area contributed by atoms with Crippen LogP contribution in [0.2, 0.25) is 0 Å². The van der Waals surface area contributed by atoms with E-state index in [4.69, 9.17) is 0 Å². The zero-order valence-electron chi connectivity index (χ0n) is 29.3. The molecule has 0 amide bonds. The summed E-state index contributed by atoms with van der Waals surface area (Å²) in [5.74, 6) is -1.84. The number of carbonyl (C=O) groups excluding carboxylic acids is 2. The normalized spacial score (nSPS) is 11.3. The van der Waals surface area contributed by atoms with Crippen LogP contribution in [-0.4, -0.2) is 23.1 Å². The molecule has 5 nitrogen and oxygen atoms in total. The third-order valence-electron chi connectivity index (χ3n) is 7.70. The second kappa shape index (κ2) is 44.8. The Labute approximate surface area is 311 Å². The van der Waals surface area contributed by atoms with E-state index in [1.165, 1.54) is 103 Å². The number of carboxylic acids is 2. The first-order valence-electron chi connectivity index (χ1n) is 17.7. The molecule has 0 radical (unpaired) electrons. The minimum absolute atomic E-state index is 0. The predicted molar refractivity (Wildman–Crippen MR) is 170 cm³/mol. The van der Waals surface area contributed by atoms with Crippen LogP contribution in [0.4, 0.5) is 0 Å². The first-order valence-corrected chi connectivity index (χ1v) is 17.7. The summed E-state index contributed by atoms with van der Waals surface area (Å²) >= 11 is 0. The Kier molecular flexibility index (Phi) is 52.6. The molecule has 0 aromatic rings. The maximum absolute atomic E-state index is 10.2. The molecule has 0 spiro atoms. The topological polar surface area (TPSA) is 100 Å². The van der Waals surface area contributed by atoms with Crippen LogP contribution in [0.5, 0.6) is 0 Å². The van der Waals surface area contributed by atoms with E-state index in [0.717, 1.165) is 70.6 Å². The largest absolute Gasteiger partial charge is 1.00 e. The van der Waals surface area contributed by atoms with Crippen LogP contribution in [0.1, 0.15) is 200 Å². The van der Waals surface area contributed by atoms with Crippen LogP contribution < -0.4 is 69.3 Å². The van der Waals surface area contributed by atoms with Crippen molar-refractivity contribution in [1.82, 2.24) is 0 Å². The molecule has 0 aromatic carbocycles. The molecule has 0 aliphatic rings. The average Bonchev–Trinajstić information content (AvgIpc) is 2.94. The zero-order valence-corrected chi connectivity index (χ0v) is 33.3. The molecule has 0 saturated carbocycles. The van der Waals surface area contributed by atoms with Gasteiger partial charge in [-0.25, -0.2) is 0 Å². The van der Waals surface area contributed by atoms with Crippen molar-refractivity contribution in [3.8, 4) is 0 Å². The Balaban J connectivity index is -0.000000338. The first-order chi connectivity index (χ1) is 19.9. The van der Waals surface area contributed by atoms with Gasteiger partial charge in [0.05, 0.1) is 6.10 Å². The van der Waals surface area contributed by atoms with Crippen molar-refractivity contribution in [2.45, 2.75) is 206 Å². The first kappa shape index (κ1) is 50.5. The smallest absolute Gasteiger partial charge is 0.550 e. The van der Waals surface area contributed by atoms with Crippen molar-refractivity contribution in [3.05, 3.63) is 12.2 Å². The van der Waals surface area contributed by atoms with Crippen molar-refractivity contribution in [3.63, 3.8) is 0 Å². The van der Waals surface area contributed by atoms with Gasteiger partial charge in [0.1, 0.15) is 0 Å². The van der Waals surface area contributed by atoms with Gasteiger partial charge in [-0.15, -0.1) is 0 Å². The van der Waals surface area contributed by atoms with E-state index in [1.807, 2.05) is 0 Å². The van der Waals surface area contributed by atoms with E-state index < -0.39 is 11.9 Å². The van der Waals surface area contributed by atoms with Crippen molar-refractivity contribution in [2.75, 3.05) is 0 Å². The fraction of sp³-hybridized carbons (Fsp3) is 0.889. The number of aliphatic hydroxyl groups is 1. The van der Waals surface area contributed by atoms with E-state index in [1.54, 1.807) is 0 Å². The van der Waals surface area contributed by atoms with E-state index in [-0.39, 0.29) is 78.1 Å². The minimum Gasteiger partial charge on any atom is -0.550 e. The van der Waals surface area contributed by atoms with Crippen LogP contribution in [0.25, 0.3) is 0 Å². The Bertz CT molecular complexity index is 572. The predicted octanol–water partition coefficient (Wildman–Crippen LogP) is 2.75. The third kappa shape index (κ3) is 52.5. The molecular formula is C36H68Na2O5. The van der Waals surface area contributed by atoms with Crippen LogP contribution in [0.15, 0.2) is 12.2 Å². The molecule has 1 unspecified atom stereocenters. The van der Waals surface area contributed by atoms with Crippen molar-refractivity contribution < 1.29 is 84.0 Å². The molecule has 1 atom stereocenters. The van der Waals surface area contributed by atoms with Crippen molar-refractivity contribution in [1.29, 1.82) is 0 Å². The number of allylic oxidation sites excluding steroid dienone is 1. The van der Waals surface area contributed by atoms with Crippen LogP contribution in [-0.2, 0) is 9.59 Å². The zero-order chi connectivity index (χ0) is 30.7. The molecule has 0 rings (SSSR count). The van der Waals surface area contributed by atoms with Gasteiger partial charge in [-0.2, -0.15) is 0 Å². The number of carbonyl (C=O) groups is 2. The summed E-state index contributed by atoms with van der Waals surface area (Å²) < 4.78 is 0. The van der Waals surface area contributed by atoms with Gasteiger partial charge >= 0.3 is 59.1 Å². The molecule has 0 saturated heterocycles. The summed E-state index contributed by atoms with van der Waals surface area (Å²) in [6.45, 7) is 4.46. The van der Waals surface area contributed by atoms with Gasteiger partial charge < -0.3 is 24.9 Å². The number of aliphatic carboxylic acids is 2. The fourth-order valence-corrected chi connectivity index (χ4v) is 5.00. The molecular weight excluding hydrogens is 558 g/mol. The molecule has 0 aliphatic heterocycles. The van der Waals surface area contributed by atoms with E-state index in [0.29, 0.717) is 0 Å². The Morgan fingerprint density at radius 3 is 1.21 bits per heavy atom. The maximum Gasteiger partial charge on any atom is 1.00 e. The molecule has 43 heavy (non-hydrogen) atoms. The van der Waals surface area contributed by atoms with Crippen molar-refractivity contribution >= 4 is 11.9 Å². The summed E-state index contributed by atoms with van der Waals surface area (Å²) in [7, 11) is 0. The fourth-order valence-electron chi connectivity index (χ4n) is 5.00. The van der Waals surface area contributed by atoms with Crippen LogP contribution in [0.3, 0.4) is 0 Å². The monoisotopic (exact) mass is 626 g/mol. The SMILES string of the molecule is CCCCCCC(O)C/C=C\CCCCCCCC(=O)[O-].CCCCCCCCCCCCCCCCCC(=O)[O-].[Na+].[Na+]. The summed E-state index contributed by atoms with van der Waals surface area (Å²) in [4.78, 5) is 20.4. The van der Waals surface area contributed by atoms with Gasteiger partial charge in [0.15, 0.2) is 0 Å². The standard InChI is InChI=1S/C18H34O3.C18H36O2.2Na/c1-2-3-4-11-14-17(19)15-12-9-7-5-6-8-10-13-16-18(20)21;1-2-3-4-5-6-7-8-9-10-11-12-13-14-15-16-17-18(19)20;;/h9,12,17,19H,2-8,10-11,13-16H2,1H3,(H,20,21);2-17H2,1H3,(H,19,20);;/q;;2*+1/p-2/b12-9-;;;. The number of aliphatic hydroxyl groups excluding tert-OH is 1. The van der Waals surface area contributed by atoms with Crippen molar-refractivity contribution in [2.24, 2.45) is 0 Å². The molecule has 244 valence electrons. The molecule has 7 heteroatoms. The van der Waals surface area contributed by atoms with E-state index >= 15 is 0 Å². The summed E-state index contributed by atoms with van der Waals surface area (Å²) in [6.07, 6.45) is 36.9. The Morgan fingerprint density at radius 1 is 0.512 bits per heavy atom. The van der Waals surface area contributed by atoms with Gasteiger partial charge in [-0.1, -0.05) is 161 Å².